The lowest BCUT2D eigenvalue weighted by molar-refractivity contribution is 0.206. The molecule has 0 N–H and O–H groups in total. The summed E-state index contributed by atoms with van der Waals surface area (Å²) in [6.45, 7) is 20.3. The van der Waals surface area contributed by atoms with Crippen LogP contribution in [-0.4, -0.2) is 30.9 Å². The Hall–Kier alpha value is -0.700. The van der Waals surface area contributed by atoms with Gasteiger partial charge in [-0.25, -0.2) is 0 Å². The van der Waals surface area contributed by atoms with E-state index in [4.69, 9.17) is 13.6 Å². The minimum Gasteiger partial charge on any atom is -0.328 e. The molecule has 216 valence electrons. The minimum absolute atomic E-state index is 0.227. The van der Waals surface area contributed by atoms with Crippen LogP contribution in [0.4, 0.5) is 0 Å². The molecule has 37 heavy (non-hydrogen) atoms. The highest BCUT2D eigenvalue weighted by Crippen LogP contribution is 2.77. The molecule has 0 fully saturated rings. The maximum Gasteiger partial charge on any atom is 0.345 e. The molecule has 0 aromatic carbocycles. The Bertz CT molecular complexity index is 866. The van der Waals surface area contributed by atoms with Crippen LogP contribution in [0.1, 0.15) is 114 Å². The fourth-order valence-corrected chi connectivity index (χ4v) is 9.63. The van der Waals surface area contributed by atoms with Crippen molar-refractivity contribution in [3.63, 3.8) is 0 Å². The lowest BCUT2D eigenvalue weighted by Gasteiger charge is -2.38. The van der Waals surface area contributed by atoms with E-state index in [0.717, 1.165) is 38.5 Å². The summed E-state index contributed by atoms with van der Waals surface area (Å²) >= 11 is 0. The molecule has 0 aliphatic heterocycles. The van der Waals surface area contributed by atoms with Crippen molar-refractivity contribution in [3.05, 3.63) is 46.6 Å². The molecule has 1 atom stereocenters. The molecule has 0 aliphatic rings. The quantitative estimate of drug-likeness (QED) is 0.110. The fourth-order valence-electron chi connectivity index (χ4n) is 4.05. The first-order valence-electron chi connectivity index (χ1n) is 14.0. The molecule has 0 saturated heterocycles. The van der Waals surface area contributed by atoms with Gasteiger partial charge in [0.2, 0.25) is 7.37 Å². The van der Waals surface area contributed by atoms with Gasteiger partial charge < -0.3 is 13.6 Å². The molecule has 0 aromatic rings. The van der Waals surface area contributed by atoms with Gasteiger partial charge in [-0.2, -0.15) is 0 Å². The van der Waals surface area contributed by atoms with E-state index in [9.17, 15) is 9.13 Å². The van der Waals surface area contributed by atoms with E-state index in [0.29, 0.717) is 12.6 Å². The van der Waals surface area contributed by atoms with Crippen molar-refractivity contribution in [2.24, 2.45) is 0 Å². The van der Waals surface area contributed by atoms with Gasteiger partial charge in [0.15, 0.2) is 0 Å². The van der Waals surface area contributed by atoms with Crippen molar-refractivity contribution in [3.8, 4) is 0 Å². The van der Waals surface area contributed by atoms with Crippen LogP contribution in [0, 0.1) is 0 Å². The van der Waals surface area contributed by atoms with Gasteiger partial charge in [-0.3, -0.25) is 9.13 Å². The fraction of sp³-hybridized carbons (Fsp3) is 0.733. The Morgan fingerprint density at radius 2 is 1.00 bits per heavy atom. The second-order valence-electron chi connectivity index (χ2n) is 10.5. The molecule has 0 rings (SSSR count). The van der Waals surface area contributed by atoms with E-state index >= 15 is 0 Å². The second-order valence-corrected chi connectivity index (χ2v) is 16.6. The van der Waals surface area contributed by atoms with E-state index in [1.54, 1.807) is 27.7 Å². The Labute approximate surface area is 229 Å². The summed E-state index contributed by atoms with van der Waals surface area (Å²) in [6, 6.07) is 0. The van der Waals surface area contributed by atoms with Crippen molar-refractivity contribution >= 4 is 15.0 Å². The number of hydrogen-bond acceptors (Lipinski definition) is 5. The Balaban J connectivity index is 4.94. The summed E-state index contributed by atoms with van der Waals surface area (Å²) < 4.78 is 44.4. The molecule has 0 aromatic heterocycles. The number of hydrogen-bond donors (Lipinski definition) is 0. The maximum absolute atomic E-state index is 14.0. The van der Waals surface area contributed by atoms with Gasteiger partial charge in [0.1, 0.15) is 4.90 Å². The second kappa shape index (κ2) is 18.6. The van der Waals surface area contributed by atoms with E-state index in [1.807, 2.05) is 6.92 Å². The Kier molecular flexibility index (Phi) is 18.2. The summed E-state index contributed by atoms with van der Waals surface area (Å²) in [5, 5.41) is 0. The normalized spacial score (nSPS) is 15.6. The van der Waals surface area contributed by atoms with Gasteiger partial charge in [-0.05, 0) is 114 Å². The van der Waals surface area contributed by atoms with Crippen LogP contribution < -0.4 is 0 Å². The zero-order valence-corrected chi connectivity index (χ0v) is 27.3. The van der Waals surface area contributed by atoms with Crippen LogP contribution in [-0.2, 0) is 22.7 Å². The van der Waals surface area contributed by atoms with Crippen LogP contribution in [0.3, 0.4) is 0 Å². The first-order valence-corrected chi connectivity index (χ1v) is 17.4. The zero-order chi connectivity index (χ0) is 28.5. The number of allylic oxidation sites excluding steroid dienone is 8. The van der Waals surface area contributed by atoms with Gasteiger partial charge in [0.25, 0.3) is 0 Å². The molecule has 0 radical (unpaired) electrons. The molecule has 0 heterocycles. The van der Waals surface area contributed by atoms with Gasteiger partial charge in [0, 0.05) is 6.16 Å². The summed E-state index contributed by atoms with van der Waals surface area (Å²) in [4.78, 5) is -1.22. The molecule has 0 bridgehead atoms. The largest absolute Gasteiger partial charge is 0.345 e. The lowest BCUT2D eigenvalue weighted by atomic mass is 10.0. The van der Waals surface area contributed by atoms with E-state index in [-0.39, 0.29) is 19.8 Å². The predicted molar refractivity (Wildman–Crippen MR) is 162 cm³/mol. The molecular formula is C30H56O5P2. The Morgan fingerprint density at radius 3 is 1.38 bits per heavy atom. The average Bonchev–Trinajstić information content (AvgIpc) is 2.79. The van der Waals surface area contributed by atoms with Crippen LogP contribution in [0.5, 0.6) is 0 Å². The minimum atomic E-state index is -3.62. The van der Waals surface area contributed by atoms with Crippen LogP contribution >= 0.6 is 15.0 Å². The highest BCUT2D eigenvalue weighted by atomic mass is 31.2. The van der Waals surface area contributed by atoms with E-state index in [2.05, 4.69) is 58.9 Å². The van der Waals surface area contributed by atoms with E-state index in [1.165, 1.54) is 22.3 Å². The Morgan fingerprint density at radius 1 is 0.622 bits per heavy atom. The summed E-state index contributed by atoms with van der Waals surface area (Å²) in [5.74, 6) is 0. The first-order chi connectivity index (χ1) is 17.3. The molecule has 0 aliphatic carbocycles. The SMILES string of the molecule is CCOP(=O)(CC/C=C(\C)CC/C=C(\C)CC/C=C(\C)CCC=C(C)C)C(C)(C)P(=O)(OCC)OCC. The molecule has 7 heteroatoms. The molecule has 0 amide bonds. The third-order valence-corrected chi connectivity index (χ3v) is 13.9. The van der Waals surface area contributed by atoms with Gasteiger partial charge in [0.05, 0.1) is 19.8 Å². The summed E-state index contributed by atoms with van der Waals surface area (Å²) in [5.41, 5.74) is 5.54. The van der Waals surface area contributed by atoms with Crippen LogP contribution in [0.25, 0.3) is 0 Å². The van der Waals surface area contributed by atoms with Crippen molar-refractivity contribution in [1.82, 2.24) is 0 Å². The topological polar surface area (TPSA) is 61.8 Å². The molecule has 5 nitrogen and oxygen atoms in total. The standard InChI is InChI=1S/C30H56O5P2/c1-11-33-36(31,30(9,10)37(32,34-12-2)35-13-3)25-17-24-29(8)23-16-22-28(7)21-15-20-27(6)19-14-18-26(4)5/h18,20,22,24H,11-17,19,21,23,25H2,1-10H3/b27-20+,28-22+,29-24+. The molecule has 0 saturated carbocycles. The summed E-state index contributed by atoms with van der Waals surface area (Å²) in [6.07, 6.45) is 16.5. The third kappa shape index (κ3) is 13.3. The van der Waals surface area contributed by atoms with Crippen molar-refractivity contribution < 1.29 is 22.7 Å². The average molecular weight is 559 g/mol. The first kappa shape index (κ1) is 36.3. The monoisotopic (exact) mass is 558 g/mol. The third-order valence-electron chi connectivity index (χ3n) is 6.51. The smallest absolute Gasteiger partial charge is 0.328 e. The predicted octanol–water partition coefficient (Wildman–Crippen LogP) is 10.8. The zero-order valence-electron chi connectivity index (χ0n) is 25.5. The molecule has 1 unspecified atom stereocenters. The van der Waals surface area contributed by atoms with Gasteiger partial charge in [-0.15, -0.1) is 0 Å². The number of rotatable bonds is 20. The highest BCUT2D eigenvalue weighted by molar-refractivity contribution is 7.76. The van der Waals surface area contributed by atoms with Gasteiger partial charge >= 0.3 is 7.60 Å². The maximum atomic E-state index is 14.0. The van der Waals surface area contributed by atoms with Gasteiger partial charge in [-0.1, -0.05) is 46.6 Å². The van der Waals surface area contributed by atoms with Crippen molar-refractivity contribution in [1.29, 1.82) is 0 Å². The van der Waals surface area contributed by atoms with E-state index < -0.39 is 19.9 Å². The van der Waals surface area contributed by atoms with Crippen molar-refractivity contribution in [2.45, 2.75) is 119 Å². The molecule has 0 spiro atoms. The van der Waals surface area contributed by atoms with Crippen LogP contribution in [0.15, 0.2) is 46.6 Å². The highest BCUT2D eigenvalue weighted by Gasteiger charge is 2.56. The van der Waals surface area contributed by atoms with Crippen LogP contribution in [0.2, 0.25) is 0 Å². The summed E-state index contributed by atoms with van der Waals surface area (Å²) in [7, 11) is -6.93. The van der Waals surface area contributed by atoms with Crippen molar-refractivity contribution in [2.75, 3.05) is 26.0 Å². The molecular weight excluding hydrogens is 502 g/mol. The lowest BCUT2D eigenvalue weighted by Crippen LogP contribution is -2.26.